The van der Waals surface area contributed by atoms with Gasteiger partial charge in [-0.2, -0.15) is 4.37 Å². The Morgan fingerprint density at radius 3 is 3.06 bits per heavy atom. The van der Waals surface area contributed by atoms with Crippen LogP contribution in [0.1, 0.15) is 24.7 Å². The summed E-state index contributed by atoms with van der Waals surface area (Å²) in [4.78, 5) is 4.41. The molecule has 0 aliphatic carbocycles. The fourth-order valence-electron chi connectivity index (χ4n) is 1.49. The van der Waals surface area contributed by atoms with Crippen molar-refractivity contribution in [3.8, 4) is 0 Å². The van der Waals surface area contributed by atoms with Gasteiger partial charge in [-0.05, 0) is 24.1 Å². The van der Waals surface area contributed by atoms with Crippen molar-refractivity contribution >= 4 is 34.0 Å². The van der Waals surface area contributed by atoms with Crippen molar-refractivity contribution in [2.24, 2.45) is 0 Å². The second-order valence-electron chi connectivity index (χ2n) is 3.72. The summed E-state index contributed by atoms with van der Waals surface area (Å²) in [5.74, 6) is 1.43. The number of benzene rings is 1. The number of alkyl halides is 1. The van der Waals surface area contributed by atoms with Crippen LogP contribution in [0.5, 0.6) is 0 Å². The molecule has 17 heavy (non-hydrogen) atoms. The maximum atomic E-state index is 5.79. The Bertz CT molecular complexity index is 484. The van der Waals surface area contributed by atoms with E-state index in [1.165, 1.54) is 11.5 Å². The largest absolute Gasteiger partial charge is 0.330 e. The van der Waals surface area contributed by atoms with E-state index in [4.69, 9.17) is 11.6 Å². The first-order chi connectivity index (χ1) is 8.31. The van der Waals surface area contributed by atoms with Crippen LogP contribution in [-0.4, -0.2) is 9.36 Å². The molecule has 0 atom stereocenters. The number of halogens is 1. The SMILES string of the molecule is CCCc1nsc(Nc2cccc(CCl)c2)n1. The van der Waals surface area contributed by atoms with E-state index in [9.17, 15) is 0 Å². The second kappa shape index (κ2) is 5.98. The number of hydrogen-bond donors (Lipinski definition) is 1. The zero-order valence-corrected chi connectivity index (χ0v) is 11.2. The predicted octanol–water partition coefficient (Wildman–Crippen LogP) is 3.97. The number of rotatable bonds is 5. The molecule has 3 nitrogen and oxygen atoms in total. The molecule has 0 fully saturated rings. The Morgan fingerprint density at radius 1 is 1.41 bits per heavy atom. The van der Waals surface area contributed by atoms with Crippen LogP contribution >= 0.6 is 23.1 Å². The lowest BCUT2D eigenvalue weighted by Gasteiger charge is -2.03. The van der Waals surface area contributed by atoms with Crippen LogP contribution in [0.15, 0.2) is 24.3 Å². The summed E-state index contributed by atoms with van der Waals surface area (Å²) in [6, 6.07) is 8.00. The van der Waals surface area contributed by atoms with Crippen molar-refractivity contribution in [1.29, 1.82) is 0 Å². The van der Waals surface area contributed by atoms with Gasteiger partial charge >= 0.3 is 0 Å². The fraction of sp³-hybridized carbons (Fsp3) is 0.333. The first-order valence-corrected chi connectivity index (χ1v) is 6.87. The smallest absolute Gasteiger partial charge is 0.207 e. The first-order valence-electron chi connectivity index (χ1n) is 5.56. The Balaban J connectivity index is 2.08. The van der Waals surface area contributed by atoms with Crippen molar-refractivity contribution in [1.82, 2.24) is 9.36 Å². The van der Waals surface area contributed by atoms with Crippen LogP contribution in [0.4, 0.5) is 10.8 Å². The lowest BCUT2D eigenvalue weighted by molar-refractivity contribution is 0.862. The van der Waals surface area contributed by atoms with E-state index in [2.05, 4.69) is 21.6 Å². The molecule has 0 aliphatic heterocycles. The van der Waals surface area contributed by atoms with E-state index in [0.29, 0.717) is 5.88 Å². The van der Waals surface area contributed by atoms with Gasteiger partial charge in [0.05, 0.1) is 0 Å². The van der Waals surface area contributed by atoms with E-state index < -0.39 is 0 Å². The summed E-state index contributed by atoms with van der Waals surface area (Å²) >= 11 is 7.19. The quantitative estimate of drug-likeness (QED) is 0.833. The second-order valence-corrected chi connectivity index (χ2v) is 4.74. The molecule has 1 aromatic carbocycles. The third-order valence-electron chi connectivity index (χ3n) is 2.27. The van der Waals surface area contributed by atoms with E-state index in [1.54, 1.807) is 0 Å². The van der Waals surface area contributed by atoms with E-state index in [-0.39, 0.29) is 0 Å². The molecule has 0 amide bonds. The summed E-state index contributed by atoms with van der Waals surface area (Å²) in [5, 5.41) is 4.08. The molecule has 0 spiro atoms. The van der Waals surface area contributed by atoms with Crippen molar-refractivity contribution in [2.75, 3.05) is 5.32 Å². The van der Waals surface area contributed by atoms with Crippen molar-refractivity contribution in [2.45, 2.75) is 25.6 Å². The van der Waals surface area contributed by atoms with Gasteiger partial charge in [-0.25, -0.2) is 4.98 Å². The number of aromatic nitrogens is 2. The number of nitrogens with one attached hydrogen (secondary N) is 1. The molecular weight excluding hydrogens is 254 g/mol. The normalized spacial score (nSPS) is 10.5. The Labute approximate surface area is 110 Å². The number of anilines is 2. The molecule has 2 rings (SSSR count). The van der Waals surface area contributed by atoms with E-state index >= 15 is 0 Å². The van der Waals surface area contributed by atoms with Crippen LogP contribution in [0, 0.1) is 0 Å². The van der Waals surface area contributed by atoms with Crippen LogP contribution in [-0.2, 0) is 12.3 Å². The topological polar surface area (TPSA) is 37.8 Å². The highest BCUT2D eigenvalue weighted by atomic mass is 35.5. The third-order valence-corrected chi connectivity index (χ3v) is 3.25. The standard InChI is InChI=1S/C12H14ClN3S/c1-2-4-11-15-12(17-16-11)14-10-6-3-5-9(7-10)8-13/h3,5-7H,2,4,8H2,1H3,(H,14,15,16). The number of nitrogens with zero attached hydrogens (tertiary/aromatic N) is 2. The zero-order valence-electron chi connectivity index (χ0n) is 9.61. The highest BCUT2D eigenvalue weighted by molar-refractivity contribution is 7.09. The molecule has 1 N–H and O–H groups in total. The maximum Gasteiger partial charge on any atom is 0.207 e. The zero-order chi connectivity index (χ0) is 12.1. The fourth-order valence-corrected chi connectivity index (χ4v) is 2.29. The van der Waals surface area contributed by atoms with Gasteiger partial charge in [0.1, 0.15) is 5.82 Å². The molecule has 0 saturated heterocycles. The molecule has 0 radical (unpaired) electrons. The van der Waals surface area contributed by atoms with Crippen LogP contribution < -0.4 is 5.32 Å². The first kappa shape index (κ1) is 12.3. The van der Waals surface area contributed by atoms with Gasteiger partial charge < -0.3 is 5.32 Å². The van der Waals surface area contributed by atoms with E-state index in [1.807, 2.05) is 24.3 Å². The Morgan fingerprint density at radius 2 is 2.29 bits per heavy atom. The molecule has 5 heteroatoms. The van der Waals surface area contributed by atoms with Crippen molar-refractivity contribution < 1.29 is 0 Å². The molecule has 1 aromatic heterocycles. The van der Waals surface area contributed by atoms with Crippen LogP contribution in [0.2, 0.25) is 0 Å². The van der Waals surface area contributed by atoms with Gasteiger partial charge in [0, 0.05) is 29.5 Å². The summed E-state index contributed by atoms with van der Waals surface area (Å²) in [5.41, 5.74) is 2.09. The average Bonchev–Trinajstić information content (AvgIpc) is 2.77. The lowest BCUT2D eigenvalue weighted by atomic mass is 10.2. The summed E-state index contributed by atoms with van der Waals surface area (Å²) < 4.78 is 4.29. The Hall–Kier alpha value is -1.13. The number of aryl methyl sites for hydroxylation is 1. The molecule has 0 bridgehead atoms. The maximum absolute atomic E-state index is 5.79. The molecule has 1 heterocycles. The monoisotopic (exact) mass is 267 g/mol. The minimum atomic E-state index is 0.521. The predicted molar refractivity (Wildman–Crippen MR) is 73.2 cm³/mol. The van der Waals surface area contributed by atoms with Gasteiger partial charge in [-0.3, -0.25) is 0 Å². The van der Waals surface area contributed by atoms with Gasteiger partial charge in [0.2, 0.25) is 5.13 Å². The summed E-state index contributed by atoms with van der Waals surface area (Å²) in [7, 11) is 0. The van der Waals surface area contributed by atoms with Gasteiger partial charge in [-0.15, -0.1) is 11.6 Å². The molecular formula is C12H14ClN3S. The minimum Gasteiger partial charge on any atom is -0.330 e. The molecule has 0 aliphatic rings. The van der Waals surface area contributed by atoms with Gasteiger partial charge in [-0.1, -0.05) is 19.1 Å². The highest BCUT2D eigenvalue weighted by Gasteiger charge is 2.03. The average molecular weight is 268 g/mol. The van der Waals surface area contributed by atoms with Gasteiger partial charge in [0.25, 0.3) is 0 Å². The number of hydrogen-bond acceptors (Lipinski definition) is 4. The van der Waals surface area contributed by atoms with Crippen LogP contribution in [0.3, 0.4) is 0 Å². The summed E-state index contributed by atoms with van der Waals surface area (Å²) in [6.45, 7) is 2.12. The van der Waals surface area contributed by atoms with Crippen molar-refractivity contribution in [3.63, 3.8) is 0 Å². The highest BCUT2D eigenvalue weighted by Crippen LogP contribution is 2.20. The molecule has 0 saturated carbocycles. The van der Waals surface area contributed by atoms with Crippen molar-refractivity contribution in [3.05, 3.63) is 35.7 Å². The molecule has 2 aromatic rings. The Kier molecular flexibility index (Phi) is 4.34. The third kappa shape index (κ3) is 3.41. The molecule has 90 valence electrons. The summed E-state index contributed by atoms with van der Waals surface area (Å²) in [6.07, 6.45) is 2.00. The van der Waals surface area contributed by atoms with Crippen LogP contribution in [0.25, 0.3) is 0 Å². The van der Waals surface area contributed by atoms with Gasteiger partial charge in [0.15, 0.2) is 0 Å². The lowest BCUT2D eigenvalue weighted by Crippen LogP contribution is -1.91. The van der Waals surface area contributed by atoms with E-state index in [0.717, 1.165) is 35.0 Å². The minimum absolute atomic E-state index is 0.521. The molecule has 0 unspecified atom stereocenters.